The zero-order chi connectivity index (χ0) is 11.0. The van der Waals surface area contributed by atoms with Gasteiger partial charge in [0.25, 0.3) is 0 Å². The number of aromatic nitrogens is 1. The Labute approximate surface area is 85.4 Å². The van der Waals surface area contributed by atoms with Crippen LogP contribution >= 0.6 is 0 Å². The highest BCUT2D eigenvalue weighted by Gasteiger charge is 2.06. The molecule has 0 fully saturated rings. The van der Waals surface area contributed by atoms with E-state index in [0.717, 1.165) is 5.52 Å². The van der Waals surface area contributed by atoms with Crippen molar-refractivity contribution in [3.05, 3.63) is 46.2 Å². The van der Waals surface area contributed by atoms with Crippen LogP contribution in [0.2, 0.25) is 0 Å². The average molecular weight is 203 g/mol. The third kappa shape index (κ3) is 1.50. The summed E-state index contributed by atoms with van der Waals surface area (Å²) in [6.45, 7) is 0. The lowest BCUT2D eigenvalue weighted by atomic mass is 10.1. The van der Waals surface area contributed by atoms with Crippen molar-refractivity contribution in [2.75, 3.05) is 0 Å². The number of rotatable bonds is 1. The first kappa shape index (κ1) is 9.45. The Morgan fingerprint density at radius 2 is 2.07 bits per heavy atom. The minimum atomic E-state index is -1.03. The van der Waals surface area contributed by atoms with Crippen LogP contribution in [0.1, 0.15) is 10.4 Å². The van der Waals surface area contributed by atoms with Crippen molar-refractivity contribution >= 4 is 16.9 Å². The third-order valence-corrected chi connectivity index (χ3v) is 2.34. The number of carboxylic acids is 1. The summed E-state index contributed by atoms with van der Waals surface area (Å²) in [5, 5.41) is 9.23. The van der Waals surface area contributed by atoms with Gasteiger partial charge in [-0.25, -0.2) is 4.79 Å². The van der Waals surface area contributed by atoms with Crippen molar-refractivity contribution in [3.8, 4) is 0 Å². The molecule has 0 unspecified atom stereocenters. The second-order valence-electron chi connectivity index (χ2n) is 3.33. The van der Waals surface area contributed by atoms with E-state index in [0.29, 0.717) is 5.39 Å². The van der Waals surface area contributed by atoms with Crippen LogP contribution in [0, 0.1) is 0 Å². The number of benzene rings is 1. The maximum atomic E-state index is 11.5. The van der Waals surface area contributed by atoms with E-state index in [9.17, 15) is 9.59 Å². The first-order valence-corrected chi connectivity index (χ1v) is 4.42. The van der Waals surface area contributed by atoms with Crippen molar-refractivity contribution in [2.45, 2.75) is 0 Å². The second kappa shape index (κ2) is 3.24. The lowest BCUT2D eigenvalue weighted by Gasteiger charge is -2.04. The van der Waals surface area contributed by atoms with Gasteiger partial charge in [0.2, 0.25) is 0 Å². The minimum absolute atomic E-state index is 0.130. The fraction of sp³-hybridized carbons (Fsp3) is 0.0909. The van der Waals surface area contributed by atoms with Crippen LogP contribution in [0.5, 0.6) is 0 Å². The average Bonchev–Trinajstić information content (AvgIpc) is 2.23. The Balaban J connectivity index is 2.87. The molecule has 0 aliphatic heterocycles. The second-order valence-corrected chi connectivity index (χ2v) is 3.33. The van der Waals surface area contributed by atoms with Gasteiger partial charge in [0.15, 0.2) is 5.43 Å². The predicted octanol–water partition coefficient (Wildman–Crippen LogP) is 1.24. The van der Waals surface area contributed by atoms with Gasteiger partial charge in [-0.05, 0) is 18.2 Å². The topological polar surface area (TPSA) is 59.3 Å². The zero-order valence-electron chi connectivity index (χ0n) is 8.10. The SMILES string of the molecule is Cn1ccc(=O)c2cc(C(=O)O)ccc21. The van der Waals surface area contributed by atoms with E-state index in [1.165, 1.54) is 18.2 Å². The van der Waals surface area contributed by atoms with Crippen molar-refractivity contribution in [2.24, 2.45) is 7.05 Å². The molecule has 0 aliphatic rings. The summed E-state index contributed by atoms with van der Waals surface area (Å²) in [5.74, 6) is -1.03. The molecule has 1 aromatic carbocycles. The number of aromatic carboxylic acids is 1. The molecule has 1 heterocycles. The predicted molar refractivity (Wildman–Crippen MR) is 56.1 cm³/mol. The molecule has 0 saturated heterocycles. The molecule has 0 atom stereocenters. The molecule has 2 aromatic rings. The Morgan fingerprint density at radius 1 is 1.33 bits per heavy atom. The van der Waals surface area contributed by atoms with Gasteiger partial charge in [-0.1, -0.05) is 0 Å². The van der Waals surface area contributed by atoms with Crippen molar-refractivity contribution in [3.63, 3.8) is 0 Å². The molecule has 1 aromatic heterocycles. The number of carboxylic acid groups (broad SMARTS) is 1. The fourth-order valence-corrected chi connectivity index (χ4v) is 1.52. The van der Waals surface area contributed by atoms with Gasteiger partial charge < -0.3 is 9.67 Å². The summed E-state index contributed by atoms with van der Waals surface area (Å²) >= 11 is 0. The summed E-state index contributed by atoms with van der Waals surface area (Å²) in [6.07, 6.45) is 1.66. The summed E-state index contributed by atoms with van der Waals surface area (Å²) in [4.78, 5) is 22.2. The third-order valence-electron chi connectivity index (χ3n) is 2.34. The first-order valence-electron chi connectivity index (χ1n) is 4.42. The molecule has 0 aliphatic carbocycles. The lowest BCUT2D eigenvalue weighted by molar-refractivity contribution is 0.0697. The Hall–Kier alpha value is -2.10. The highest BCUT2D eigenvalue weighted by atomic mass is 16.4. The largest absolute Gasteiger partial charge is 0.478 e. The van der Waals surface area contributed by atoms with Crippen LogP contribution in [-0.2, 0) is 7.05 Å². The van der Waals surface area contributed by atoms with E-state index in [1.807, 2.05) is 7.05 Å². The van der Waals surface area contributed by atoms with Crippen LogP contribution in [0.25, 0.3) is 10.9 Å². The van der Waals surface area contributed by atoms with Gasteiger partial charge in [0.05, 0.1) is 11.1 Å². The van der Waals surface area contributed by atoms with E-state index in [-0.39, 0.29) is 11.0 Å². The van der Waals surface area contributed by atoms with E-state index >= 15 is 0 Å². The summed E-state index contributed by atoms with van der Waals surface area (Å²) in [5.41, 5.74) is 0.699. The normalized spacial score (nSPS) is 10.5. The van der Waals surface area contributed by atoms with E-state index < -0.39 is 5.97 Å². The highest BCUT2D eigenvalue weighted by Crippen LogP contribution is 2.11. The molecule has 0 amide bonds. The molecule has 4 heteroatoms. The van der Waals surface area contributed by atoms with E-state index in [2.05, 4.69) is 0 Å². The quantitative estimate of drug-likeness (QED) is 0.758. The number of nitrogens with zero attached hydrogens (tertiary/aromatic N) is 1. The maximum Gasteiger partial charge on any atom is 0.335 e. The molecule has 0 spiro atoms. The zero-order valence-corrected chi connectivity index (χ0v) is 8.10. The summed E-state index contributed by atoms with van der Waals surface area (Å²) < 4.78 is 1.78. The number of carbonyl (C=O) groups is 1. The Kier molecular flexibility index (Phi) is 2.04. The number of aryl methyl sites for hydroxylation is 1. The molecular weight excluding hydrogens is 194 g/mol. The van der Waals surface area contributed by atoms with Gasteiger partial charge in [0.1, 0.15) is 0 Å². The number of hydrogen-bond acceptors (Lipinski definition) is 2. The van der Waals surface area contributed by atoms with Crippen LogP contribution in [-0.4, -0.2) is 15.6 Å². The minimum Gasteiger partial charge on any atom is -0.478 e. The van der Waals surface area contributed by atoms with Crippen LogP contribution < -0.4 is 5.43 Å². The molecule has 76 valence electrons. The molecule has 0 radical (unpaired) electrons. The number of pyridine rings is 1. The molecular formula is C11H9NO3. The fourth-order valence-electron chi connectivity index (χ4n) is 1.52. The molecule has 15 heavy (non-hydrogen) atoms. The summed E-state index contributed by atoms with van der Waals surface area (Å²) in [7, 11) is 1.81. The molecule has 4 nitrogen and oxygen atoms in total. The summed E-state index contributed by atoms with van der Waals surface area (Å²) in [6, 6.07) is 5.96. The van der Waals surface area contributed by atoms with Gasteiger partial charge in [-0.3, -0.25) is 4.79 Å². The number of hydrogen-bond donors (Lipinski definition) is 1. The number of fused-ring (bicyclic) bond motifs is 1. The van der Waals surface area contributed by atoms with E-state index in [1.54, 1.807) is 16.8 Å². The molecule has 2 rings (SSSR count). The molecule has 0 saturated carbocycles. The van der Waals surface area contributed by atoms with Crippen molar-refractivity contribution < 1.29 is 9.90 Å². The van der Waals surface area contributed by atoms with E-state index in [4.69, 9.17) is 5.11 Å². The van der Waals surface area contributed by atoms with Crippen LogP contribution in [0.15, 0.2) is 35.3 Å². The van der Waals surface area contributed by atoms with Crippen molar-refractivity contribution in [1.29, 1.82) is 0 Å². The van der Waals surface area contributed by atoms with Gasteiger partial charge in [-0.2, -0.15) is 0 Å². The van der Waals surface area contributed by atoms with Gasteiger partial charge >= 0.3 is 5.97 Å². The van der Waals surface area contributed by atoms with Gasteiger partial charge in [0, 0.05) is 24.7 Å². The Bertz CT molecular complexity index is 598. The smallest absolute Gasteiger partial charge is 0.335 e. The maximum absolute atomic E-state index is 11.5. The first-order chi connectivity index (χ1) is 7.09. The monoisotopic (exact) mass is 203 g/mol. The molecule has 1 N–H and O–H groups in total. The Morgan fingerprint density at radius 3 is 2.73 bits per heavy atom. The van der Waals surface area contributed by atoms with Crippen LogP contribution in [0.3, 0.4) is 0 Å². The lowest BCUT2D eigenvalue weighted by Crippen LogP contribution is -2.06. The molecule has 0 bridgehead atoms. The van der Waals surface area contributed by atoms with Gasteiger partial charge in [-0.15, -0.1) is 0 Å². The standard InChI is InChI=1S/C11H9NO3/c1-12-5-4-10(13)8-6-7(11(14)15)2-3-9(8)12/h2-6H,1H3,(H,14,15). The highest BCUT2D eigenvalue weighted by molar-refractivity contribution is 5.93. The van der Waals surface area contributed by atoms with Crippen molar-refractivity contribution in [1.82, 2.24) is 4.57 Å². The van der Waals surface area contributed by atoms with Crippen LogP contribution in [0.4, 0.5) is 0 Å².